The summed E-state index contributed by atoms with van der Waals surface area (Å²) in [6.45, 7) is 1.45. The van der Waals surface area contributed by atoms with Crippen molar-refractivity contribution < 1.29 is 23.5 Å². The predicted octanol–water partition coefficient (Wildman–Crippen LogP) is 3.78. The highest BCUT2D eigenvalue weighted by atomic mass is 32.1. The van der Waals surface area contributed by atoms with Gasteiger partial charge in [0, 0.05) is 29.1 Å². The van der Waals surface area contributed by atoms with E-state index in [2.05, 4.69) is 0 Å². The Hall–Kier alpha value is -2.06. The summed E-state index contributed by atoms with van der Waals surface area (Å²) in [5, 5.41) is 20.2. The third kappa shape index (κ3) is 3.09. The fraction of sp³-hybridized carbons (Fsp3) is 0.167. The smallest absolute Gasteiger partial charge is 0.323 e. The van der Waals surface area contributed by atoms with Crippen LogP contribution in [0.5, 0.6) is 10.8 Å². The molecular formula is C12H9F2NO4S. The summed E-state index contributed by atoms with van der Waals surface area (Å²) in [6.07, 6.45) is -0.903. The molecule has 0 saturated heterocycles. The van der Waals surface area contributed by atoms with Crippen LogP contribution in [0.25, 0.3) is 0 Å². The maximum absolute atomic E-state index is 13.0. The third-order valence-electron chi connectivity index (χ3n) is 2.35. The largest absolute Gasteiger partial charge is 0.440 e. The Kier molecular flexibility index (Phi) is 3.96. The Bertz CT molecular complexity index is 637. The van der Waals surface area contributed by atoms with Crippen molar-refractivity contribution in [1.82, 2.24) is 0 Å². The van der Waals surface area contributed by atoms with Crippen molar-refractivity contribution in [3.05, 3.63) is 50.9 Å². The fourth-order valence-corrected chi connectivity index (χ4v) is 2.41. The zero-order valence-electron chi connectivity index (χ0n) is 10.2. The van der Waals surface area contributed by atoms with Crippen LogP contribution in [0.2, 0.25) is 0 Å². The molecule has 20 heavy (non-hydrogen) atoms. The molecule has 0 aliphatic carbocycles. The number of thiophene rings is 1. The second kappa shape index (κ2) is 5.51. The van der Waals surface area contributed by atoms with Crippen LogP contribution in [0.4, 0.5) is 14.5 Å². The van der Waals surface area contributed by atoms with Gasteiger partial charge in [0.2, 0.25) is 0 Å². The molecule has 0 unspecified atom stereocenters. The first-order chi connectivity index (χ1) is 9.36. The molecule has 106 valence electrons. The summed E-state index contributed by atoms with van der Waals surface area (Å²) >= 11 is 0.844. The number of halogens is 2. The third-order valence-corrected chi connectivity index (χ3v) is 3.53. The highest BCUT2D eigenvalue weighted by Crippen LogP contribution is 2.42. The molecule has 0 aliphatic rings. The number of rotatable bonds is 4. The summed E-state index contributed by atoms with van der Waals surface area (Å²) in [5.41, 5.74) is -0.365. The maximum atomic E-state index is 13.0. The van der Waals surface area contributed by atoms with Crippen LogP contribution in [-0.2, 0) is 0 Å². The predicted molar refractivity (Wildman–Crippen MR) is 68.0 cm³/mol. The molecule has 0 amide bonds. The van der Waals surface area contributed by atoms with Gasteiger partial charge in [0.1, 0.15) is 17.4 Å². The normalized spacial score (nSPS) is 12.2. The molecule has 0 bridgehead atoms. The van der Waals surface area contributed by atoms with Crippen molar-refractivity contribution in [2.24, 2.45) is 0 Å². The minimum Gasteiger partial charge on any atom is -0.440 e. The molecule has 0 aliphatic heterocycles. The first-order valence-electron chi connectivity index (χ1n) is 5.47. The molecule has 1 heterocycles. The van der Waals surface area contributed by atoms with Crippen molar-refractivity contribution in [3.8, 4) is 10.8 Å². The quantitative estimate of drug-likeness (QED) is 0.689. The van der Waals surface area contributed by atoms with Gasteiger partial charge in [-0.15, -0.1) is 0 Å². The summed E-state index contributed by atoms with van der Waals surface area (Å²) in [5.74, 6) is -1.89. The highest BCUT2D eigenvalue weighted by Gasteiger charge is 2.23. The number of nitrogens with zero attached hydrogens (tertiary/aromatic N) is 1. The van der Waals surface area contributed by atoms with E-state index in [0.717, 1.165) is 23.5 Å². The Balaban J connectivity index is 2.39. The molecule has 5 nitrogen and oxygen atoms in total. The maximum Gasteiger partial charge on any atom is 0.323 e. The van der Waals surface area contributed by atoms with Gasteiger partial charge in [-0.25, -0.2) is 8.78 Å². The number of hydrogen-bond donors (Lipinski definition) is 1. The molecule has 1 aromatic carbocycles. The van der Waals surface area contributed by atoms with Gasteiger partial charge in [-0.05, 0) is 6.92 Å². The van der Waals surface area contributed by atoms with Crippen LogP contribution in [0.15, 0.2) is 24.3 Å². The molecule has 0 fully saturated rings. The lowest BCUT2D eigenvalue weighted by molar-refractivity contribution is -0.385. The summed E-state index contributed by atoms with van der Waals surface area (Å²) in [4.78, 5) is 10.5. The molecular weight excluding hydrogens is 292 g/mol. The molecule has 0 saturated carbocycles. The van der Waals surface area contributed by atoms with Crippen LogP contribution in [-0.4, -0.2) is 10.0 Å². The van der Waals surface area contributed by atoms with E-state index < -0.39 is 22.7 Å². The van der Waals surface area contributed by atoms with E-state index in [1.54, 1.807) is 0 Å². The second-order valence-electron chi connectivity index (χ2n) is 3.96. The molecule has 1 aromatic heterocycles. The van der Waals surface area contributed by atoms with Crippen molar-refractivity contribution >= 4 is 17.0 Å². The lowest BCUT2D eigenvalue weighted by atomic mass is 10.3. The first-order valence-corrected chi connectivity index (χ1v) is 6.28. The first kappa shape index (κ1) is 14.4. The standard InChI is InChI=1S/C12H9F2NO4S/c1-6(16)11-5-10(15(17)18)12(20-11)19-9-3-7(13)2-8(14)4-9/h2-6,16H,1H3/t6-/m0/s1. The number of aliphatic hydroxyl groups excluding tert-OH is 1. The zero-order chi connectivity index (χ0) is 14.9. The number of nitro groups is 1. The number of hydrogen-bond acceptors (Lipinski definition) is 5. The Morgan fingerprint density at radius 1 is 1.30 bits per heavy atom. The molecule has 1 atom stereocenters. The van der Waals surface area contributed by atoms with E-state index in [9.17, 15) is 24.0 Å². The van der Waals surface area contributed by atoms with Gasteiger partial charge in [-0.3, -0.25) is 10.1 Å². The number of ether oxygens (including phenoxy) is 1. The minimum atomic E-state index is -0.903. The molecule has 0 radical (unpaired) electrons. The number of benzene rings is 1. The van der Waals surface area contributed by atoms with Crippen LogP contribution in [0.1, 0.15) is 17.9 Å². The molecule has 1 N–H and O–H groups in total. The van der Waals surface area contributed by atoms with Gasteiger partial charge >= 0.3 is 5.69 Å². The van der Waals surface area contributed by atoms with Crippen LogP contribution in [0.3, 0.4) is 0 Å². The van der Waals surface area contributed by atoms with E-state index in [0.29, 0.717) is 10.9 Å². The fourth-order valence-electron chi connectivity index (χ4n) is 1.48. The monoisotopic (exact) mass is 301 g/mol. The van der Waals surface area contributed by atoms with Gasteiger partial charge in [-0.2, -0.15) is 0 Å². The summed E-state index contributed by atoms with van der Waals surface area (Å²) < 4.78 is 31.2. The van der Waals surface area contributed by atoms with E-state index in [-0.39, 0.29) is 16.5 Å². The van der Waals surface area contributed by atoms with E-state index >= 15 is 0 Å². The SMILES string of the molecule is C[C@H](O)c1cc([N+](=O)[O-])c(Oc2cc(F)cc(F)c2)s1. The lowest BCUT2D eigenvalue weighted by Crippen LogP contribution is -1.90. The van der Waals surface area contributed by atoms with Gasteiger partial charge < -0.3 is 9.84 Å². The summed E-state index contributed by atoms with van der Waals surface area (Å²) in [6, 6.07) is 3.65. The highest BCUT2D eigenvalue weighted by molar-refractivity contribution is 7.14. The van der Waals surface area contributed by atoms with Crippen LogP contribution < -0.4 is 4.74 Å². The van der Waals surface area contributed by atoms with Crippen molar-refractivity contribution in [1.29, 1.82) is 0 Å². The average Bonchev–Trinajstić information content (AvgIpc) is 2.71. The van der Waals surface area contributed by atoms with Gasteiger partial charge in [0.05, 0.1) is 11.0 Å². The molecule has 2 aromatic rings. The zero-order valence-corrected chi connectivity index (χ0v) is 11.0. The molecule has 0 spiro atoms. The number of aliphatic hydroxyl groups is 1. The van der Waals surface area contributed by atoms with Crippen LogP contribution >= 0.6 is 11.3 Å². The lowest BCUT2D eigenvalue weighted by Gasteiger charge is -2.03. The van der Waals surface area contributed by atoms with Crippen molar-refractivity contribution in [2.45, 2.75) is 13.0 Å². The molecule has 2 rings (SSSR count). The van der Waals surface area contributed by atoms with Gasteiger partial charge in [-0.1, -0.05) is 11.3 Å². The van der Waals surface area contributed by atoms with Crippen LogP contribution in [0, 0.1) is 21.7 Å². The van der Waals surface area contributed by atoms with Crippen molar-refractivity contribution in [3.63, 3.8) is 0 Å². The summed E-state index contributed by atoms with van der Waals surface area (Å²) in [7, 11) is 0. The van der Waals surface area contributed by atoms with Gasteiger partial charge in [0.25, 0.3) is 5.06 Å². The van der Waals surface area contributed by atoms with Gasteiger partial charge in [0.15, 0.2) is 0 Å². The Labute approximate surface area is 116 Å². The second-order valence-corrected chi connectivity index (χ2v) is 5.01. The van der Waals surface area contributed by atoms with E-state index in [4.69, 9.17) is 4.74 Å². The van der Waals surface area contributed by atoms with E-state index in [1.165, 1.54) is 13.0 Å². The van der Waals surface area contributed by atoms with E-state index in [1.807, 2.05) is 0 Å². The minimum absolute atomic E-state index is 0.143. The Morgan fingerprint density at radius 2 is 1.90 bits per heavy atom. The van der Waals surface area contributed by atoms with Crippen molar-refractivity contribution in [2.75, 3.05) is 0 Å². The Morgan fingerprint density at radius 3 is 2.40 bits per heavy atom. The topological polar surface area (TPSA) is 72.6 Å². The molecule has 8 heteroatoms. The average molecular weight is 301 g/mol.